The lowest BCUT2D eigenvalue weighted by Crippen LogP contribution is -2.13. The van der Waals surface area contributed by atoms with E-state index in [4.69, 9.17) is 0 Å². The van der Waals surface area contributed by atoms with Crippen LogP contribution in [-0.2, 0) is 0 Å². The van der Waals surface area contributed by atoms with Gasteiger partial charge in [-0.2, -0.15) is 0 Å². The molecule has 1 aliphatic carbocycles. The molecule has 0 heterocycles. The van der Waals surface area contributed by atoms with E-state index in [0.717, 1.165) is 52.5 Å². The summed E-state index contributed by atoms with van der Waals surface area (Å²) in [5.41, 5.74) is 6.21. The fraction of sp³-hybridized carbons (Fsp3) is 0.581. The van der Waals surface area contributed by atoms with Gasteiger partial charge >= 0.3 is 0 Å². The van der Waals surface area contributed by atoms with Crippen molar-refractivity contribution >= 4 is 11.4 Å². The summed E-state index contributed by atoms with van der Waals surface area (Å²) < 4.78 is 0. The summed E-state index contributed by atoms with van der Waals surface area (Å²) in [4.78, 5) is 12.7. The average molecular weight is 435 g/mol. The third kappa shape index (κ3) is 8.23. The van der Waals surface area contributed by atoms with Crippen LogP contribution in [0.4, 0.5) is 0 Å². The van der Waals surface area contributed by atoms with Gasteiger partial charge in [-0.05, 0) is 61.7 Å². The number of fused-ring (bicyclic) bond motifs is 1. The number of carbonyl (C=O) groups excluding carboxylic acids is 1. The van der Waals surface area contributed by atoms with Crippen molar-refractivity contribution in [1.82, 2.24) is 0 Å². The van der Waals surface area contributed by atoms with Gasteiger partial charge in [-0.3, -0.25) is 4.79 Å². The summed E-state index contributed by atoms with van der Waals surface area (Å²) in [6, 6.07) is 7.86. The van der Waals surface area contributed by atoms with Gasteiger partial charge in [0.25, 0.3) is 0 Å². The van der Waals surface area contributed by atoms with Crippen LogP contribution in [-0.4, -0.2) is 5.78 Å². The molecule has 1 aliphatic rings. The minimum absolute atomic E-state index is 0.156. The van der Waals surface area contributed by atoms with Gasteiger partial charge in [-0.25, -0.2) is 0 Å². The van der Waals surface area contributed by atoms with Crippen molar-refractivity contribution in [2.45, 2.75) is 105 Å². The van der Waals surface area contributed by atoms with E-state index in [2.05, 4.69) is 40.3 Å². The van der Waals surface area contributed by atoms with Crippen LogP contribution in [0.1, 0.15) is 121 Å². The smallest absolute Gasteiger partial charge is 0.189 e. The van der Waals surface area contributed by atoms with Gasteiger partial charge in [0.05, 0.1) is 0 Å². The molecule has 0 fully saturated rings. The maximum absolute atomic E-state index is 12.7. The number of rotatable bonds is 14. The minimum atomic E-state index is 0.156. The zero-order valence-electron chi connectivity index (χ0n) is 21.4. The van der Waals surface area contributed by atoms with Gasteiger partial charge in [0, 0.05) is 11.1 Å². The molecule has 0 bridgehead atoms. The van der Waals surface area contributed by atoms with E-state index in [9.17, 15) is 4.79 Å². The first-order chi connectivity index (χ1) is 15.3. The zero-order valence-corrected chi connectivity index (χ0v) is 21.4. The molecule has 2 rings (SSSR count). The molecule has 0 saturated carbocycles. The van der Waals surface area contributed by atoms with Crippen molar-refractivity contribution in [2.24, 2.45) is 11.8 Å². The predicted octanol–water partition coefficient (Wildman–Crippen LogP) is 9.74. The second-order valence-electron chi connectivity index (χ2n) is 10.4. The lowest BCUT2D eigenvalue weighted by molar-refractivity contribution is 0.103. The molecule has 176 valence electrons. The molecule has 0 N–H and O–H groups in total. The van der Waals surface area contributed by atoms with Crippen LogP contribution in [0.3, 0.4) is 0 Å². The predicted molar refractivity (Wildman–Crippen MR) is 141 cm³/mol. The number of unbranched alkanes of at least 4 members (excludes halogenated alkanes) is 4. The molecule has 32 heavy (non-hydrogen) atoms. The molecule has 0 aromatic heterocycles. The number of hydrogen-bond donors (Lipinski definition) is 0. The van der Waals surface area contributed by atoms with E-state index < -0.39 is 0 Å². The minimum Gasteiger partial charge on any atom is -0.289 e. The summed E-state index contributed by atoms with van der Waals surface area (Å²) in [5.74, 6) is 1.90. The van der Waals surface area contributed by atoms with Crippen LogP contribution in [0.15, 0.2) is 53.6 Å². The Labute approximate surface area is 198 Å². The van der Waals surface area contributed by atoms with Crippen LogP contribution in [0.25, 0.3) is 5.57 Å². The topological polar surface area (TPSA) is 17.1 Å². The molecule has 0 aliphatic heterocycles. The zero-order chi connectivity index (χ0) is 23.5. The second kappa shape index (κ2) is 13.6. The Hall–Kier alpha value is -1.89. The third-order valence-electron chi connectivity index (χ3n) is 7.06. The largest absolute Gasteiger partial charge is 0.289 e. The van der Waals surface area contributed by atoms with Gasteiger partial charge in [-0.15, -0.1) is 0 Å². The van der Waals surface area contributed by atoms with Gasteiger partial charge in [0.15, 0.2) is 5.78 Å². The summed E-state index contributed by atoms with van der Waals surface area (Å²) in [6.45, 7) is 15.6. The number of benzene rings is 1. The molecule has 1 unspecified atom stereocenters. The molecule has 1 atom stereocenters. The van der Waals surface area contributed by atoms with Crippen LogP contribution in [0, 0.1) is 11.8 Å². The molecular weight excluding hydrogens is 388 g/mol. The summed E-state index contributed by atoms with van der Waals surface area (Å²) in [6.07, 6.45) is 16.6. The molecule has 1 heteroatoms. The van der Waals surface area contributed by atoms with Crippen LogP contribution in [0.2, 0.25) is 0 Å². The maximum Gasteiger partial charge on any atom is 0.189 e. The van der Waals surface area contributed by atoms with Crippen molar-refractivity contribution in [2.75, 3.05) is 0 Å². The highest BCUT2D eigenvalue weighted by Gasteiger charge is 2.24. The van der Waals surface area contributed by atoms with Crippen molar-refractivity contribution < 1.29 is 4.79 Å². The molecule has 0 spiro atoms. The van der Waals surface area contributed by atoms with Crippen molar-refractivity contribution in [3.8, 4) is 0 Å². The molecule has 0 radical (unpaired) electrons. The fourth-order valence-corrected chi connectivity index (χ4v) is 4.77. The monoisotopic (exact) mass is 434 g/mol. The van der Waals surface area contributed by atoms with E-state index in [-0.39, 0.29) is 5.78 Å². The van der Waals surface area contributed by atoms with Crippen LogP contribution >= 0.6 is 0 Å². The maximum atomic E-state index is 12.7. The Morgan fingerprint density at radius 1 is 0.906 bits per heavy atom. The highest BCUT2D eigenvalue weighted by molar-refractivity contribution is 6.16. The van der Waals surface area contributed by atoms with Crippen molar-refractivity contribution in [1.29, 1.82) is 0 Å². The molecule has 1 nitrogen and oxygen atoms in total. The Bertz CT molecular complexity index is 821. The van der Waals surface area contributed by atoms with Crippen LogP contribution < -0.4 is 0 Å². The number of hydrogen-bond acceptors (Lipinski definition) is 1. The van der Waals surface area contributed by atoms with E-state index in [0.29, 0.717) is 0 Å². The molecule has 0 amide bonds. The van der Waals surface area contributed by atoms with E-state index in [1.54, 1.807) is 0 Å². The summed E-state index contributed by atoms with van der Waals surface area (Å²) >= 11 is 0. The summed E-state index contributed by atoms with van der Waals surface area (Å²) in [7, 11) is 0. The van der Waals surface area contributed by atoms with Gasteiger partial charge in [0.2, 0.25) is 0 Å². The quantitative estimate of drug-likeness (QED) is 0.210. The Morgan fingerprint density at radius 2 is 1.53 bits per heavy atom. The first kappa shape index (κ1) is 26.4. The SMILES string of the molecule is C=C1C(C/C=C(\C)CCCCCCCC(C)CCCC(C)C)=C(C)C(=O)c2ccccc21. The standard InChI is InChI=1S/C31H46O/c1-23(2)15-14-18-24(3)16-10-8-7-9-11-17-25(4)21-22-28-26(5)29-19-12-13-20-30(29)31(32)27(28)6/h12-13,19-21,23-24H,5,7-11,14-18,22H2,1-4,6H3/b25-21+. The van der Waals surface area contributed by atoms with Gasteiger partial charge in [-0.1, -0.05) is 115 Å². The van der Waals surface area contributed by atoms with Crippen molar-refractivity contribution in [3.63, 3.8) is 0 Å². The Kier molecular flexibility index (Phi) is 11.2. The molecule has 0 saturated heterocycles. The number of carbonyl (C=O) groups is 1. The second-order valence-corrected chi connectivity index (χ2v) is 10.4. The number of Topliss-reactive ketones (excluding diaryl/α,β-unsaturated/α-hetero) is 1. The van der Waals surface area contributed by atoms with Crippen LogP contribution in [0.5, 0.6) is 0 Å². The average Bonchev–Trinajstić information content (AvgIpc) is 2.76. The summed E-state index contributed by atoms with van der Waals surface area (Å²) in [5, 5.41) is 0. The van der Waals surface area contributed by atoms with Gasteiger partial charge in [0.1, 0.15) is 0 Å². The first-order valence-corrected chi connectivity index (χ1v) is 13.0. The lowest BCUT2D eigenvalue weighted by Gasteiger charge is -2.22. The van der Waals surface area contributed by atoms with E-state index >= 15 is 0 Å². The normalized spacial score (nSPS) is 15.5. The molecular formula is C31H46O. The molecule has 1 aromatic rings. The highest BCUT2D eigenvalue weighted by Crippen LogP contribution is 2.36. The van der Waals surface area contributed by atoms with Crippen molar-refractivity contribution in [3.05, 3.63) is 64.8 Å². The first-order valence-electron chi connectivity index (χ1n) is 13.0. The number of allylic oxidation sites excluding steroid dienone is 5. The van der Waals surface area contributed by atoms with Gasteiger partial charge < -0.3 is 0 Å². The van der Waals surface area contributed by atoms with E-state index in [1.807, 2.05) is 31.2 Å². The Morgan fingerprint density at radius 3 is 2.25 bits per heavy atom. The van der Waals surface area contributed by atoms with E-state index in [1.165, 1.54) is 63.4 Å². The molecule has 1 aromatic carbocycles. The third-order valence-corrected chi connectivity index (χ3v) is 7.06. The highest BCUT2D eigenvalue weighted by atomic mass is 16.1. The fourth-order valence-electron chi connectivity index (χ4n) is 4.77. The number of ketones is 1. The Balaban J connectivity index is 1.65. The lowest BCUT2D eigenvalue weighted by atomic mass is 9.81.